The van der Waals surface area contributed by atoms with Crippen molar-refractivity contribution in [3.63, 3.8) is 0 Å². The second-order valence-electron chi connectivity index (χ2n) is 6.38. The van der Waals surface area contributed by atoms with Crippen LogP contribution in [0.5, 0.6) is 0 Å². The molecular formula is C20H16ClN3O5S. The predicted octanol–water partition coefficient (Wildman–Crippen LogP) is 4.61. The van der Waals surface area contributed by atoms with Crippen LogP contribution in [0.15, 0.2) is 71.6 Å². The highest BCUT2D eigenvalue weighted by Crippen LogP contribution is 2.25. The largest absolute Gasteiger partial charge is 0.322 e. The number of hydrogen-bond donors (Lipinski definition) is 2. The summed E-state index contributed by atoms with van der Waals surface area (Å²) in [5, 5.41) is 13.4. The SMILES string of the molecule is Cc1cccc(NS(=O)(=O)c2ccc(Cl)c(C(=O)Nc3cccc([N+](=O)[O-])c3)c2)c1. The summed E-state index contributed by atoms with van der Waals surface area (Å²) in [6.45, 7) is 1.83. The summed E-state index contributed by atoms with van der Waals surface area (Å²) in [6.07, 6.45) is 0. The van der Waals surface area contributed by atoms with Crippen molar-refractivity contribution >= 4 is 44.6 Å². The van der Waals surface area contributed by atoms with E-state index in [9.17, 15) is 23.3 Å². The van der Waals surface area contributed by atoms with Gasteiger partial charge in [0.15, 0.2) is 0 Å². The fraction of sp³-hybridized carbons (Fsp3) is 0.0500. The summed E-state index contributed by atoms with van der Waals surface area (Å²) in [4.78, 5) is 22.8. The molecule has 2 N–H and O–H groups in total. The smallest absolute Gasteiger partial charge is 0.271 e. The minimum atomic E-state index is -3.97. The van der Waals surface area contributed by atoms with Gasteiger partial charge in [-0.15, -0.1) is 0 Å². The van der Waals surface area contributed by atoms with Crippen LogP contribution in [0.3, 0.4) is 0 Å². The van der Waals surface area contributed by atoms with Crippen LogP contribution in [0.1, 0.15) is 15.9 Å². The maximum absolute atomic E-state index is 12.7. The first kappa shape index (κ1) is 21.3. The number of sulfonamides is 1. The summed E-state index contributed by atoms with van der Waals surface area (Å²) in [7, 11) is -3.97. The van der Waals surface area contributed by atoms with E-state index in [0.29, 0.717) is 5.69 Å². The van der Waals surface area contributed by atoms with E-state index in [4.69, 9.17) is 11.6 Å². The van der Waals surface area contributed by atoms with Gasteiger partial charge in [0.1, 0.15) is 0 Å². The van der Waals surface area contributed by atoms with Crippen molar-refractivity contribution in [1.82, 2.24) is 0 Å². The van der Waals surface area contributed by atoms with Gasteiger partial charge in [-0.3, -0.25) is 19.6 Å². The molecule has 1 amide bonds. The lowest BCUT2D eigenvalue weighted by Crippen LogP contribution is -2.16. The Balaban J connectivity index is 1.88. The van der Waals surface area contributed by atoms with Gasteiger partial charge in [0.25, 0.3) is 21.6 Å². The lowest BCUT2D eigenvalue weighted by Gasteiger charge is -2.11. The highest BCUT2D eigenvalue weighted by atomic mass is 35.5. The third kappa shape index (κ3) is 4.94. The molecular weight excluding hydrogens is 430 g/mol. The number of nitro groups is 1. The average molecular weight is 446 g/mol. The number of benzene rings is 3. The zero-order valence-corrected chi connectivity index (χ0v) is 17.2. The van der Waals surface area contributed by atoms with Crippen molar-refractivity contribution in [1.29, 1.82) is 0 Å². The maximum atomic E-state index is 12.7. The summed E-state index contributed by atoms with van der Waals surface area (Å²) in [5.41, 5.74) is 1.15. The van der Waals surface area contributed by atoms with Gasteiger partial charge in [-0.05, 0) is 48.9 Å². The third-order valence-corrected chi connectivity index (χ3v) is 5.79. The Morgan fingerprint density at radius 3 is 2.40 bits per heavy atom. The van der Waals surface area contributed by atoms with Crippen molar-refractivity contribution in [3.05, 3.63) is 93.0 Å². The Morgan fingerprint density at radius 1 is 1.00 bits per heavy atom. The molecule has 0 fully saturated rings. The topological polar surface area (TPSA) is 118 Å². The van der Waals surface area contributed by atoms with Gasteiger partial charge in [-0.2, -0.15) is 0 Å². The van der Waals surface area contributed by atoms with Crippen LogP contribution in [0, 0.1) is 17.0 Å². The number of anilines is 2. The summed E-state index contributed by atoms with van der Waals surface area (Å²) in [5.74, 6) is -0.701. The molecule has 30 heavy (non-hydrogen) atoms. The van der Waals surface area contributed by atoms with E-state index in [1.807, 2.05) is 13.0 Å². The van der Waals surface area contributed by atoms with E-state index in [0.717, 1.165) is 11.6 Å². The number of nitro benzene ring substituents is 1. The number of carbonyl (C=O) groups excluding carboxylic acids is 1. The van der Waals surface area contributed by atoms with Crippen LogP contribution in [0.2, 0.25) is 5.02 Å². The fourth-order valence-corrected chi connectivity index (χ4v) is 3.94. The zero-order chi connectivity index (χ0) is 21.9. The zero-order valence-electron chi connectivity index (χ0n) is 15.6. The summed E-state index contributed by atoms with van der Waals surface area (Å²) >= 11 is 6.09. The van der Waals surface area contributed by atoms with Crippen molar-refractivity contribution in [2.45, 2.75) is 11.8 Å². The molecule has 0 radical (unpaired) electrons. The number of carbonyl (C=O) groups is 1. The average Bonchev–Trinajstić information content (AvgIpc) is 2.68. The van der Waals surface area contributed by atoms with Crippen molar-refractivity contribution < 1.29 is 18.1 Å². The lowest BCUT2D eigenvalue weighted by atomic mass is 10.2. The quantitative estimate of drug-likeness (QED) is 0.424. The third-order valence-electron chi connectivity index (χ3n) is 4.08. The Bertz CT molecular complexity index is 1240. The standard InChI is InChI=1S/C20H16ClN3O5S/c1-13-4-2-6-15(10-13)23-30(28,29)17-8-9-19(21)18(12-17)20(25)22-14-5-3-7-16(11-14)24(26)27/h2-12,23H,1H3,(H,22,25). The van der Waals surface area contributed by atoms with Gasteiger partial charge in [0, 0.05) is 23.5 Å². The van der Waals surface area contributed by atoms with Crippen molar-refractivity contribution in [3.8, 4) is 0 Å². The minimum absolute atomic E-state index is 0.0347. The molecule has 0 spiro atoms. The summed E-state index contributed by atoms with van der Waals surface area (Å²) < 4.78 is 27.9. The van der Waals surface area contributed by atoms with Crippen LogP contribution < -0.4 is 10.0 Å². The number of halogens is 1. The van der Waals surface area contributed by atoms with E-state index < -0.39 is 20.9 Å². The molecule has 0 aromatic heterocycles. The molecule has 154 valence electrons. The lowest BCUT2D eigenvalue weighted by molar-refractivity contribution is -0.384. The Morgan fingerprint density at radius 2 is 1.70 bits per heavy atom. The molecule has 3 rings (SSSR count). The Hall–Kier alpha value is -3.43. The normalized spacial score (nSPS) is 11.0. The van der Waals surface area contributed by atoms with Crippen LogP contribution in [-0.2, 0) is 10.0 Å². The monoisotopic (exact) mass is 445 g/mol. The van der Waals surface area contributed by atoms with Crippen LogP contribution in [0.4, 0.5) is 17.1 Å². The Labute approximate surface area is 177 Å². The maximum Gasteiger partial charge on any atom is 0.271 e. The molecule has 0 atom stereocenters. The Kier molecular flexibility index (Phi) is 6.04. The van der Waals surface area contributed by atoms with Crippen LogP contribution in [-0.4, -0.2) is 19.2 Å². The number of amides is 1. The molecule has 3 aromatic carbocycles. The first-order valence-corrected chi connectivity index (χ1v) is 10.5. The summed E-state index contributed by atoms with van der Waals surface area (Å²) in [6, 6.07) is 15.9. The number of rotatable bonds is 6. The molecule has 3 aromatic rings. The van der Waals surface area contributed by atoms with Gasteiger partial charge in [0.2, 0.25) is 0 Å². The number of nitrogens with one attached hydrogen (secondary N) is 2. The molecule has 0 unspecified atom stereocenters. The van der Waals surface area contributed by atoms with E-state index in [-0.39, 0.29) is 26.9 Å². The second kappa shape index (κ2) is 8.52. The molecule has 0 aliphatic heterocycles. The molecule has 0 saturated carbocycles. The van der Waals surface area contributed by atoms with Crippen molar-refractivity contribution in [2.75, 3.05) is 10.0 Å². The molecule has 0 aliphatic carbocycles. The first-order chi connectivity index (χ1) is 14.2. The predicted molar refractivity (Wildman–Crippen MR) is 114 cm³/mol. The fourth-order valence-electron chi connectivity index (χ4n) is 2.66. The van der Waals surface area contributed by atoms with Crippen molar-refractivity contribution in [2.24, 2.45) is 0 Å². The van der Waals surface area contributed by atoms with E-state index in [1.165, 1.54) is 36.4 Å². The highest BCUT2D eigenvalue weighted by molar-refractivity contribution is 7.92. The number of hydrogen-bond acceptors (Lipinski definition) is 5. The minimum Gasteiger partial charge on any atom is -0.322 e. The second-order valence-corrected chi connectivity index (χ2v) is 8.47. The molecule has 0 bridgehead atoms. The van der Waals surface area contributed by atoms with E-state index >= 15 is 0 Å². The van der Waals surface area contributed by atoms with Crippen LogP contribution >= 0.6 is 11.6 Å². The van der Waals surface area contributed by atoms with Gasteiger partial charge in [-0.1, -0.05) is 29.8 Å². The first-order valence-electron chi connectivity index (χ1n) is 8.60. The number of non-ortho nitro benzene ring substituents is 1. The highest BCUT2D eigenvalue weighted by Gasteiger charge is 2.20. The number of nitrogens with zero attached hydrogens (tertiary/aromatic N) is 1. The van der Waals surface area contributed by atoms with Gasteiger partial charge < -0.3 is 5.32 Å². The molecule has 0 saturated heterocycles. The van der Waals surface area contributed by atoms with E-state index in [2.05, 4.69) is 10.0 Å². The molecule has 0 heterocycles. The van der Waals surface area contributed by atoms with Gasteiger partial charge in [-0.25, -0.2) is 8.42 Å². The van der Waals surface area contributed by atoms with Gasteiger partial charge >= 0.3 is 0 Å². The number of aryl methyl sites for hydroxylation is 1. The molecule has 0 aliphatic rings. The molecule has 8 nitrogen and oxygen atoms in total. The van der Waals surface area contributed by atoms with Crippen LogP contribution in [0.25, 0.3) is 0 Å². The van der Waals surface area contributed by atoms with Gasteiger partial charge in [0.05, 0.1) is 20.4 Å². The van der Waals surface area contributed by atoms with E-state index in [1.54, 1.807) is 18.2 Å². The molecule has 10 heteroatoms.